The number of amides is 2. The molecule has 4 fully saturated rings. The Balaban J connectivity index is 1.11. The fourth-order valence-corrected chi connectivity index (χ4v) is 7.82. The van der Waals surface area contributed by atoms with Crippen molar-refractivity contribution in [3.05, 3.63) is 0 Å². The first-order chi connectivity index (χ1) is 15.3. The lowest BCUT2D eigenvalue weighted by molar-refractivity contribution is 0.0421. The zero-order valence-corrected chi connectivity index (χ0v) is 20.2. The molecule has 4 aliphatic rings. The summed E-state index contributed by atoms with van der Waals surface area (Å²) in [5.74, 6) is 3.36. The van der Waals surface area contributed by atoms with Crippen LogP contribution in [0.2, 0.25) is 0 Å². The van der Waals surface area contributed by atoms with Crippen molar-refractivity contribution in [2.75, 3.05) is 13.2 Å². The molecule has 0 aliphatic heterocycles. The molecule has 0 heterocycles. The van der Waals surface area contributed by atoms with E-state index in [1.807, 2.05) is 0 Å². The SMILES string of the molecule is CC1(CCOC(=O)N=NC(=O)OCCC2(C)CC3CCCC(C3)C2)CC2CCCC(C2)C1. The van der Waals surface area contributed by atoms with Crippen molar-refractivity contribution in [3.63, 3.8) is 0 Å². The number of hydrogen-bond donors (Lipinski definition) is 0. The highest BCUT2D eigenvalue weighted by Gasteiger charge is 2.40. The quantitative estimate of drug-likeness (QED) is 0.391. The summed E-state index contributed by atoms with van der Waals surface area (Å²) in [4.78, 5) is 23.8. The summed E-state index contributed by atoms with van der Waals surface area (Å²) < 4.78 is 10.5. The molecule has 4 saturated carbocycles. The minimum Gasteiger partial charge on any atom is -0.447 e. The van der Waals surface area contributed by atoms with Crippen LogP contribution in [0.1, 0.15) is 104 Å². The maximum Gasteiger partial charge on any atom is 0.452 e. The number of fused-ring (bicyclic) bond motifs is 4. The van der Waals surface area contributed by atoms with E-state index in [2.05, 4.69) is 24.1 Å². The lowest BCUT2D eigenvalue weighted by Gasteiger charge is -2.45. The second-order valence-electron chi connectivity index (χ2n) is 12.2. The molecule has 4 rings (SSSR count). The first-order valence-corrected chi connectivity index (χ1v) is 13.1. The molecule has 4 atom stereocenters. The topological polar surface area (TPSA) is 77.3 Å². The molecular formula is C26H42N2O4. The fourth-order valence-electron chi connectivity index (χ4n) is 7.82. The molecule has 4 aliphatic carbocycles. The summed E-state index contributed by atoms with van der Waals surface area (Å²) in [5, 5.41) is 6.81. The predicted octanol–water partition coefficient (Wildman–Crippen LogP) is 7.71. The molecule has 6 nitrogen and oxygen atoms in total. The van der Waals surface area contributed by atoms with Gasteiger partial charge < -0.3 is 9.47 Å². The lowest BCUT2D eigenvalue weighted by Crippen LogP contribution is -2.34. The van der Waals surface area contributed by atoms with Gasteiger partial charge in [0.05, 0.1) is 13.2 Å². The molecule has 4 unspecified atom stereocenters. The second-order valence-corrected chi connectivity index (χ2v) is 12.2. The Labute approximate surface area is 193 Å². The van der Waals surface area contributed by atoms with Crippen LogP contribution in [0.4, 0.5) is 9.59 Å². The monoisotopic (exact) mass is 446 g/mol. The first-order valence-electron chi connectivity index (χ1n) is 13.1. The van der Waals surface area contributed by atoms with Crippen molar-refractivity contribution in [2.24, 2.45) is 44.7 Å². The highest BCUT2D eigenvalue weighted by Crippen LogP contribution is 2.51. The number of rotatable bonds is 6. The second kappa shape index (κ2) is 10.2. The molecule has 0 aromatic carbocycles. The fraction of sp³-hybridized carbons (Fsp3) is 0.923. The molecule has 6 heteroatoms. The molecule has 0 aromatic rings. The third-order valence-electron chi connectivity index (χ3n) is 8.98. The molecule has 0 N–H and O–H groups in total. The molecule has 32 heavy (non-hydrogen) atoms. The third-order valence-corrected chi connectivity index (χ3v) is 8.98. The van der Waals surface area contributed by atoms with Gasteiger partial charge in [0.25, 0.3) is 0 Å². The van der Waals surface area contributed by atoms with Gasteiger partial charge in [-0.25, -0.2) is 9.59 Å². The summed E-state index contributed by atoms with van der Waals surface area (Å²) in [7, 11) is 0. The highest BCUT2D eigenvalue weighted by atomic mass is 16.6. The van der Waals surface area contributed by atoms with E-state index >= 15 is 0 Å². The average molecular weight is 447 g/mol. The zero-order chi connectivity index (χ0) is 22.6. The largest absolute Gasteiger partial charge is 0.452 e. The van der Waals surface area contributed by atoms with Crippen molar-refractivity contribution in [2.45, 2.75) is 104 Å². The van der Waals surface area contributed by atoms with Gasteiger partial charge in [-0.05, 0) is 85.9 Å². The van der Waals surface area contributed by atoms with Crippen LogP contribution in [-0.2, 0) is 9.47 Å². The number of hydrogen-bond acceptors (Lipinski definition) is 4. The highest BCUT2D eigenvalue weighted by molar-refractivity contribution is 5.73. The van der Waals surface area contributed by atoms with E-state index in [1.165, 1.54) is 77.0 Å². The van der Waals surface area contributed by atoms with E-state index in [9.17, 15) is 9.59 Å². The van der Waals surface area contributed by atoms with Crippen molar-refractivity contribution in [3.8, 4) is 0 Å². The van der Waals surface area contributed by atoms with Gasteiger partial charge in [0.1, 0.15) is 0 Å². The smallest absolute Gasteiger partial charge is 0.447 e. The third kappa shape index (κ3) is 6.54. The van der Waals surface area contributed by atoms with Crippen molar-refractivity contribution < 1.29 is 19.1 Å². The van der Waals surface area contributed by atoms with Gasteiger partial charge in [-0.3, -0.25) is 0 Å². The van der Waals surface area contributed by atoms with E-state index in [1.54, 1.807) is 0 Å². The Morgan fingerprint density at radius 3 is 1.38 bits per heavy atom. The summed E-state index contributed by atoms with van der Waals surface area (Å²) in [6, 6.07) is 0. The molecule has 0 radical (unpaired) electrons. The maximum absolute atomic E-state index is 11.9. The Morgan fingerprint density at radius 2 is 1.03 bits per heavy atom. The Hall–Kier alpha value is -1.46. The molecular weight excluding hydrogens is 404 g/mol. The summed E-state index contributed by atoms with van der Waals surface area (Å²) in [6.07, 6.45) is 15.9. The maximum atomic E-state index is 11.9. The van der Waals surface area contributed by atoms with Crippen LogP contribution in [0.5, 0.6) is 0 Å². The first kappa shape index (κ1) is 23.7. The predicted molar refractivity (Wildman–Crippen MR) is 122 cm³/mol. The van der Waals surface area contributed by atoms with Gasteiger partial charge in [-0.15, -0.1) is 0 Å². The van der Waals surface area contributed by atoms with Crippen LogP contribution in [-0.4, -0.2) is 25.4 Å². The van der Waals surface area contributed by atoms with Crippen molar-refractivity contribution in [1.82, 2.24) is 0 Å². The van der Waals surface area contributed by atoms with Crippen molar-refractivity contribution in [1.29, 1.82) is 0 Å². The minimum absolute atomic E-state index is 0.248. The Morgan fingerprint density at radius 1 is 0.688 bits per heavy atom. The van der Waals surface area contributed by atoms with Gasteiger partial charge in [0.2, 0.25) is 0 Å². The summed E-state index contributed by atoms with van der Waals surface area (Å²) >= 11 is 0. The Kier molecular flexibility index (Phi) is 7.56. The van der Waals surface area contributed by atoms with E-state index in [0.717, 1.165) is 36.5 Å². The zero-order valence-electron chi connectivity index (χ0n) is 20.2. The Bertz CT molecular complexity index is 624. The summed E-state index contributed by atoms with van der Waals surface area (Å²) in [6.45, 7) is 5.32. The van der Waals surface area contributed by atoms with E-state index in [0.29, 0.717) is 13.2 Å². The number of carbonyl (C=O) groups is 2. The number of ether oxygens (including phenoxy) is 2. The lowest BCUT2D eigenvalue weighted by atomic mass is 9.60. The van der Waals surface area contributed by atoms with Crippen LogP contribution < -0.4 is 0 Å². The molecule has 2 amide bonds. The van der Waals surface area contributed by atoms with Gasteiger partial charge >= 0.3 is 12.2 Å². The number of azo groups is 1. The van der Waals surface area contributed by atoms with Crippen LogP contribution in [0.25, 0.3) is 0 Å². The molecule has 4 bridgehead atoms. The molecule has 0 saturated heterocycles. The van der Waals surface area contributed by atoms with Crippen LogP contribution >= 0.6 is 0 Å². The standard InChI is InChI=1S/C26H42N2O4/c1-25(15-19-5-3-6-20(13-19)16-25)9-11-31-23(29)27-28-24(30)32-12-10-26(2)17-21-7-4-8-22(14-21)18-26/h19-22H,3-18H2,1-2H3. The summed E-state index contributed by atoms with van der Waals surface area (Å²) in [5.41, 5.74) is 0.496. The van der Waals surface area contributed by atoms with Gasteiger partial charge in [-0.1, -0.05) is 62.6 Å². The normalized spacial score (nSPS) is 38.9. The van der Waals surface area contributed by atoms with Gasteiger partial charge in [-0.2, -0.15) is 0 Å². The molecule has 180 valence electrons. The van der Waals surface area contributed by atoms with Crippen LogP contribution in [0.3, 0.4) is 0 Å². The van der Waals surface area contributed by atoms with E-state index in [-0.39, 0.29) is 10.8 Å². The van der Waals surface area contributed by atoms with Crippen molar-refractivity contribution >= 4 is 12.2 Å². The number of nitrogens with zero attached hydrogens (tertiary/aromatic N) is 2. The van der Waals surface area contributed by atoms with E-state index in [4.69, 9.17) is 9.47 Å². The van der Waals surface area contributed by atoms with Crippen LogP contribution in [0.15, 0.2) is 10.2 Å². The van der Waals surface area contributed by atoms with E-state index < -0.39 is 12.2 Å². The van der Waals surface area contributed by atoms with Gasteiger partial charge in [0.15, 0.2) is 0 Å². The minimum atomic E-state index is -0.798. The average Bonchev–Trinajstić information content (AvgIpc) is 2.71. The number of carbonyl (C=O) groups excluding carboxylic acids is 2. The molecule has 0 spiro atoms. The van der Waals surface area contributed by atoms with Gasteiger partial charge in [0, 0.05) is 0 Å². The molecule has 0 aromatic heterocycles. The van der Waals surface area contributed by atoms with Crippen LogP contribution in [0, 0.1) is 34.5 Å².